The third-order valence-corrected chi connectivity index (χ3v) is 1.98. The molecule has 0 bridgehead atoms. The number of hydrazine groups is 1. The second-order valence-electron chi connectivity index (χ2n) is 3.02. The molecule has 0 aliphatic heterocycles. The summed E-state index contributed by atoms with van der Waals surface area (Å²) in [5.41, 5.74) is 3.49. The third-order valence-electron chi connectivity index (χ3n) is 1.98. The first-order valence-corrected chi connectivity index (χ1v) is 4.68. The molecule has 5 heteroatoms. The molecule has 0 saturated heterocycles. The van der Waals surface area contributed by atoms with Gasteiger partial charge in [0.2, 0.25) is 5.96 Å². The Hall–Kier alpha value is -1.62. The van der Waals surface area contributed by atoms with Crippen molar-refractivity contribution < 1.29 is 4.39 Å². The van der Waals surface area contributed by atoms with Crippen LogP contribution in [0.3, 0.4) is 0 Å². The van der Waals surface area contributed by atoms with Crippen LogP contribution in [0.2, 0.25) is 0 Å². The number of nitrogens with one attached hydrogen (secondary N) is 2. The highest BCUT2D eigenvalue weighted by Crippen LogP contribution is 2.02. The van der Waals surface area contributed by atoms with Crippen LogP contribution in [0.15, 0.2) is 29.3 Å². The number of guanidine groups is 1. The first-order valence-electron chi connectivity index (χ1n) is 4.68. The normalized spacial score (nSPS) is 11.3. The van der Waals surface area contributed by atoms with Crippen LogP contribution in [0, 0.1) is 5.82 Å². The fraction of sp³-hybridized carbons (Fsp3) is 0.300. The largest absolute Gasteiger partial charge is 0.355 e. The number of hydrogen-bond acceptors (Lipinski definition) is 2. The smallest absolute Gasteiger partial charge is 0.205 e. The van der Waals surface area contributed by atoms with Gasteiger partial charge < -0.3 is 5.32 Å². The number of hydrogen-bond donors (Lipinski definition) is 3. The standard InChI is InChI=1S/C10H15FN4/c1-13-10(15-12)14-7-6-8-2-4-9(11)5-3-8/h2-5H,6-7,12H2,1H3,(H2,13,14,15). The van der Waals surface area contributed by atoms with Crippen LogP contribution >= 0.6 is 0 Å². The van der Waals surface area contributed by atoms with Crippen LogP contribution in [0.5, 0.6) is 0 Å². The van der Waals surface area contributed by atoms with Crippen molar-refractivity contribution in [1.82, 2.24) is 10.7 Å². The maximum atomic E-state index is 12.6. The van der Waals surface area contributed by atoms with Gasteiger partial charge in [0.1, 0.15) is 5.82 Å². The minimum atomic E-state index is -0.217. The Morgan fingerprint density at radius 1 is 1.40 bits per heavy atom. The summed E-state index contributed by atoms with van der Waals surface area (Å²) in [5, 5.41) is 3.00. The van der Waals surface area contributed by atoms with Crippen molar-refractivity contribution in [1.29, 1.82) is 0 Å². The topological polar surface area (TPSA) is 62.4 Å². The van der Waals surface area contributed by atoms with Gasteiger partial charge in [-0.05, 0) is 24.1 Å². The summed E-state index contributed by atoms with van der Waals surface area (Å²) in [5.74, 6) is 5.51. The van der Waals surface area contributed by atoms with Gasteiger partial charge in [-0.2, -0.15) is 0 Å². The minimum Gasteiger partial charge on any atom is -0.355 e. The molecule has 0 unspecified atom stereocenters. The van der Waals surface area contributed by atoms with Crippen LogP contribution < -0.4 is 16.6 Å². The Bertz CT molecular complexity index is 321. The van der Waals surface area contributed by atoms with E-state index in [9.17, 15) is 4.39 Å². The van der Waals surface area contributed by atoms with E-state index in [-0.39, 0.29) is 5.82 Å². The predicted octanol–water partition coefficient (Wildman–Crippen LogP) is 0.407. The SMILES string of the molecule is CN=C(NN)NCCc1ccc(F)cc1. The lowest BCUT2D eigenvalue weighted by Gasteiger charge is -2.07. The molecular formula is C10H15FN4. The predicted molar refractivity (Wildman–Crippen MR) is 58.8 cm³/mol. The van der Waals surface area contributed by atoms with E-state index in [0.29, 0.717) is 12.5 Å². The van der Waals surface area contributed by atoms with E-state index in [1.807, 2.05) is 0 Å². The average Bonchev–Trinajstić information content (AvgIpc) is 2.27. The van der Waals surface area contributed by atoms with Crippen molar-refractivity contribution in [3.05, 3.63) is 35.6 Å². The summed E-state index contributed by atoms with van der Waals surface area (Å²) in [7, 11) is 1.64. The van der Waals surface area contributed by atoms with E-state index >= 15 is 0 Å². The van der Waals surface area contributed by atoms with E-state index in [1.165, 1.54) is 12.1 Å². The number of rotatable bonds is 3. The molecule has 4 nitrogen and oxygen atoms in total. The molecule has 0 amide bonds. The molecule has 4 N–H and O–H groups in total. The van der Waals surface area contributed by atoms with E-state index in [1.54, 1.807) is 19.2 Å². The molecule has 0 aliphatic rings. The van der Waals surface area contributed by atoms with Crippen LogP contribution in [0.4, 0.5) is 4.39 Å². The Morgan fingerprint density at radius 3 is 2.60 bits per heavy atom. The quantitative estimate of drug-likeness (QED) is 0.293. The van der Waals surface area contributed by atoms with Gasteiger partial charge in [-0.1, -0.05) is 12.1 Å². The molecule has 82 valence electrons. The van der Waals surface area contributed by atoms with Crippen LogP contribution in [-0.4, -0.2) is 19.6 Å². The Labute approximate surface area is 88.4 Å². The van der Waals surface area contributed by atoms with Gasteiger partial charge in [-0.15, -0.1) is 0 Å². The van der Waals surface area contributed by atoms with Gasteiger partial charge >= 0.3 is 0 Å². The number of nitrogens with two attached hydrogens (primary N) is 1. The Balaban J connectivity index is 2.35. The zero-order valence-electron chi connectivity index (χ0n) is 8.63. The third kappa shape index (κ3) is 3.95. The molecule has 0 fully saturated rings. The van der Waals surface area contributed by atoms with Crippen molar-refractivity contribution >= 4 is 5.96 Å². The van der Waals surface area contributed by atoms with E-state index < -0.39 is 0 Å². The van der Waals surface area contributed by atoms with Crippen molar-refractivity contribution in [3.8, 4) is 0 Å². The summed E-state index contributed by atoms with van der Waals surface area (Å²) in [6, 6.07) is 6.42. The monoisotopic (exact) mass is 210 g/mol. The molecule has 1 rings (SSSR count). The molecule has 0 atom stereocenters. The summed E-state index contributed by atoms with van der Waals surface area (Å²) in [4.78, 5) is 3.86. The number of halogens is 1. The van der Waals surface area contributed by atoms with Gasteiger partial charge in [0.05, 0.1) is 0 Å². The molecular weight excluding hydrogens is 195 g/mol. The van der Waals surface area contributed by atoms with Crippen LogP contribution in [-0.2, 0) is 6.42 Å². The van der Waals surface area contributed by atoms with Crippen LogP contribution in [0.25, 0.3) is 0 Å². The second kappa shape index (κ2) is 5.98. The number of aliphatic imine (C=N–C) groups is 1. The second-order valence-corrected chi connectivity index (χ2v) is 3.02. The fourth-order valence-electron chi connectivity index (χ4n) is 1.17. The van der Waals surface area contributed by atoms with Gasteiger partial charge in [0.15, 0.2) is 0 Å². The Morgan fingerprint density at radius 2 is 2.07 bits per heavy atom. The molecule has 0 aliphatic carbocycles. The zero-order valence-corrected chi connectivity index (χ0v) is 8.63. The van der Waals surface area contributed by atoms with Crippen LogP contribution in [0.1, 0.15) is 5.56 Å². The van der Waals surface area contributed by atoms with Gasteiger partial charge in [-0.25, -0.2) is 10.2 Å². The maximum Gasteiger partial charge on any atom is 0.205 e. The molecule has 0 saturated carbocycles. The highest BCUT2D eigenvalue weighted by molar-refractivity contribution is 5.78. The maximum absolute atomic E-state index is 12.6. The van der Waals surface area contributed by atoms with E-state index in [2.05, 4.69) is 15.7 Å². The number of benzene rings is 1. The Kier molecular flexibility index (Phi) is 4.56. The fourth-order valence-corrected chi connectivity index (χ4v) is 1.17. The van der Waals surface area contributed by atoms with Gasteiger partial charge in [-0.3, -0.25) is 10.4 Å². The van der Waals surface area contributed by atoms with Crippen molar-refractivity contribution in [2.75, 3.05) is 13.6 Å². The first-order chi connectivity index (χ1) is 7.26. The number of nitrogens with zero attached hydrogens (tertiary/aromatic N) is 1. The molecule has 1 aromatic carbocycles. The zero-order chi connectivity index (χ0) is 11.1. The average molecular weight is 210 g/mol. The lowest BCUT2D eigenvalue weighted by Crippen LogP contribution is -2.42. The highest BCUT2D eigenvalue weighted by atomic mass is 19.1. The van der Waals surface area contributed by atoms with E-state index in [4.69, 9.17) is 5.84 Å². The molecule has 0 spiro atoms. The lowest BCUT2D eigenvalue weighted by molar-refractivity contribution is 0.627. The molecule has 1 aromatic rings. The highest BCUT2D eigenvalue weighted by Gasteiger charge is 1.95. The molecule has 15 heavy (non-hydrogen) atoms. The summed E-state index contributed by atoms with van der Waals surface area (Å²) in [6.45, 7) is 0.697. The summed E-state index contributed by atoms with van der Waals surface area (Å²) >= 11 is 0. The minimum absolute atomic E-state index is 0.217. The molecule has 0 aromatic heterocycles. The van der Waals surface area contributed by atoms with Gasteiger partial charge in [0.25, 0.3) is 0 Å². The lowest BCUT2D eigenvalue weighted by atomic mass is 10.1. The van der Waals surface area contributed by atoms with Crippen molar-refractivity contribution in [3.63, 3.8) is 0 Å². The van der Waals surface area contributed by atoms with Crippen molar-refractivity contribution in [2.24, 2.45) is 10.8 Å². The summed E-state index contributed by atoms with van der Waals surface area (Å²) in [6.07, 6.45) is 0.793. The van der Waals surface area contributed by atoms with E-state index in [0.717, 1.165) is 12.0 Å². The molecule has 0 radical (unpaired) electrons. The van der Waals surface area contributed by atoms with Gasteiger partial charge in [0, 0.05) is 13.6 Å². The molecule has 0 heterocycles. The summed E-state index contributed by atoms with van der Waals surface area (Å²) < 4.78 is 12.6. The van der Waals surface area contributed by atoms with Crippen molar-refractivity contribution in [2.45, 2.75) is 6.42 Å². The first kappa shape index (κ1) is 11.5.